The summed E-state index contributed by atoms with van der Waals surface area (Å²) >= 11 is 0. The zero-order chi connectivity index (χ0) is 16.7. The number of aromatic nitrogens is 2. The number of fused-ring (bicyclic) bond motifs is 1. The monoisotopic (exact) mass is 350 g/mol. The van der Waals surface area contributed by atoms with Crippen LogP contribution < -0.4 is 4.90 Å². The minimum atomic E-state index is -2.86. The van der Waals surface area contributed by atoms with Gasteiger partial charge in [-0.2, -0.15) is 0 Å². The first-order valence-electron chi connectivity index (χ1n) is 8.12. The van der Waals surface area contributed by atoms with Crippen molar-refractivity contribution in [2.24, 2.45) is 0 Å². The molecule has 2 aromatic rings. The smallest absolute Gasteiger partial charge is 0.151 e. The van der Waals surface area contributed by atoms with E-state index in [0.29, 0.717) is 11.3 Å². The minimum absolute atomic E-state index is 0.136. The number of benzene rings is 1. The van der Waals surface area contributed by atoms with Gasteiger partial charge in [-0.05, 0) is 18.6 Å². The van der Waals surface area contributed by atoms with Crippen LogP contribution in [0.4, 0.5) is 10.2 Å². The molecule has 0 amide bonds. The number of hydrogen-bond donors (Lipinski definition) is 0. The Morgan fingerprint density at radius 3 is 2.62 bits per heavy atom. The van der Waals surface area contributed by atoms with Gasteiger partial charge in [0.15, 0.2) is 9.84 Å². The van der Waals surface area contributed by atoms with Crippen molar-refractivity contribution in [2.75, 3.05) is 42.6 Å². The Bertz CT molecular complexity index is 866. The molecule has 1 aromatic heterocycles. The van der Waals surface area contributed by atoms with E-state index in [0.717, 1.165) is 43.8 Å². The molecule has 1 aromatic carbocycles. The summed E-state index contributed by atoms with van der Waals surface area (Å²) in [5, 5.41) is 0.717. The summed E-state index contributed by atoms with van der Waals surface area (Å²) in [5.41, 5.74) is 0.340. The Morgan fingerprint density at radius 2 is 1.92 bits per heavy atom. The van der Waals surface area contributed by atoms with Gasteiger partial charge in [0.25, 0.3) is 0 Å². The van der Waals surface area contributed by atoms with E-state index in [4.69, 9.17) is 0 Å². The predicted molar refractivity (Wildman–Crippen MR) is 90.3 cm³/mol. The van der Waals surface area contributed by atoms with Gasteiger partial charge in [-0.25, -0.2) is 22.8 Å². The molecule has 0 N–H and O–H groups in total. The Morgan fingerprint density at radius 1 is 1.12 bits per heavy atom. The number of sulfone groups is 1. The van der Waals surface area contributed by atoms with Crippen molar-refractivity contribution >= 4 is 26.6 Å². The van der Waals surface area contributed by atoms with Crippen molar-refractivity contribution in [1.82, 2.24) is 14.9 Å². The van der Waals surface area contributed by atoms with Gasteiger partial charge < -0.3 is 4.90 Å². The van der Waals surface area contributed by atoms with Gasteiger partial charge in [-0.1, -0.05) is 6.07 Å². The van der Waals surface area contributed by atoms with Crippen LogP contribution in [0, 0.1) is 5.82 Å². The number of rotatable bonds is 2. The van der Waals surface area contributed by atoms with Crippen LogP contribution in [-0.2, 0) is 9.84 Å². The second kappa shape index (κ2) is 5.93. The number of halogens is 1. The number of para-hydroxylation sites is 1. The first kappa shape index (κ1) is 15.7. The summed E-state index contributed by atoms with van der Waals surface area (Å²) < 4.78 is 37.2. The summed E-state index contributed by atoms with van der Waals surface area (Å²) in [5.74, 6) is 0.978. The molecule has 2 fully saturated rings. The first-order valence-corrected chi connectivity index (χ1v) is 9.94. The fourth-order valence-corrected chi connectivity index (χ4v) is 5.41. The van der Waals surface area contributed by atoms with Crippen LogP contribution in [0.5, 0.6) is 0 Å². The normalized spacial score (nSPS) is 24.5. The van der Waals surface area contributed by atoms with Gasteiger partial charge in [-0.3, -0.25) is 4.90 Å². The SMILES string of the molecule is O=S1(=O)CCC(N2CCN(c3ncnc4c(F)cccc34)CC2)C1. The summed E-state index contributed by atoms with van der Waals surface area (Å²) in [6, 6.07) is 5.04. The van der Waals surface area contributed by atoms with Crippen molar-refractivity contribution in [3.63, 3.8) is 0 Å². The molecule has 128 valence electrons. The van der Waals surface area contributed by atoms with Crippen LogP contribution in [-0.4, -0.2) is 67.0 Å². The van der Waals surface area contributed by atoms with Gasteiger partial charge in [0.1, 0.15) is 23.5 Å². The highest BCUT2D eigenvalue weighted by Crippen LogP contribution is 2.26. The minimum Gasteiger partial charge on any atom is -0.353 e. The quantitative estimate of drug-likeness (QED) is 0.807. The van der Waals surface area contributed by atoms with Crippen LogP contribution in [0.3, 0.4) is 0 Å². The zero-order valence-electron chi connectivity index (χ0n) is 13.2. The van der Waals surface area contributed by atoms with E-state index in [9.17, 15) is 12.8 Å². The molecule has 6 nitrogen and oxygen atoms in total. The van der Waals surface area contributed by atoms with Gasteiger partial charge >= 0.3 is 0 Å². The molecule has 3 heterocycles. The van der Waals surface area contributed by atoms with Gasteiger partial charge in [0.05, 0.1) is 11.5 Å². The predicted octanol–water partition coefficient (Wildman–Crippen LogP) is 1.08. The third-order valence-electron chi connectivity index (χ3n) is 4.93. The Hall–Kier alpha value is -1.80. The van der Waals surface area contributed by atoms with Crippen molar-refractivity contribution in [3.05, 3.63) is 30.3 Å². The highest BCUT2D eigenvalue weighted by molar-refractivity contribution is 7.91. The first-order chi connectivity index (χ1) is 11.5. The largest absolute Gasteiger partial charge is 0.353 e. The maximum Gasteiger partial charge on any atom is 0.151 e. The van der Waals surface area contributed by atoms with Crippen LogP contribution >= 0.6 is 0 Å². The lowest BCUT2D eigenvalue weighted by Crippen LogP contribution is -2.51. The molecule has 0 spiro atoms. The van der Waals surface area contributed by atoms with Crippen LogP contribution in [0.25, 0.3) is 10.9 Å². The van der Waals surface area contributed by atoms with Gasteiger partial charge in [0, 0.05) is 37.6 Å². The van der Waals surface area contributed by atoms with E-state index in [-0.39, 0.29) is 17.6 Å². The highest BCUT2D eigenvalue weighted by Gasteiger charge is 2.34. The molecule has 4 rings (SSSR count). The fourth-order valence-electron chi connectivity index (χ4n) is 3.65. The molecule has 1 atom stereocenters. The third-order valence-corrected chi connectivity index (χ3v) is 6.68. The summed E-state index contributed by atoms with van der Waals surface area (Å²) in [7, 11) is -2.86. The molecule has 0 radical (unpaired) electrons. The lowest BCUT2D eigenvalue weighted by atomic mass is 10.1. The molecule has 8 heteroatoms. The van der Waals surface area contributed by atoms with Crippen LogP contribution in [0.1, 0.15) is 6.42 Å². The molecule has 2 aliphatic heterocycles. The zero-order valence-corrected chi connectivity index (χ0v) is 14.0. The van der Waals surface area contributed by atoms with Crippen molar-refractivity contribution in [1.29, 1.82) is 0 Å². The van der Waals surface area contributed by atoms with Crippen molar-refractivity contribution in [3.8, 4) is 0 Å². The van der Waals surface area contributed by atoms with E-state index in [1.165, 1.54) is 12.4 Å². The Kier molecular flexibility index (Phi) is 3.88. The molecule has 24 heavy (non-hydrogen) atoms. The molecular formula is C16H19FN4O2S. The van der Waals surface area contributed by atoms with Gasteiger partial charge in [0.2, 0.25) is 0 Å². The summed E-state index contributed by atoms with van der Waals surface area (Å²) in [6.45, 7) is 3.08. The van der Waals surface area contributed by atoms with E-state index in [1.807, 2.05) is 6.07 Å². The molecular weight excluding hydrogens is 331 g/mol. The van der Waals surface area contributed by atoms with E-state index in [2.05, 4.69) is 19.8 Å². The van der Waals surface area contributed by atoms with Crippen molar-refractivity contribution < 1.29 is 12.8 Å². The number of piperazine rings is 1. The van der Waals surface area contributed by atoms with Crippen LogP contribution in [0.2, 0.25) is 0 Å². The average Bonchev–Trinajstić information content (AvgIpc) is 2.95. The lowest BCUT2D eigenvalue weighted by molar-refractivity contribution is 0.200. The third kappa shape index (κ3) is 2.84. The van der Waals surface area contributed by atoms with E-state index in [1.54, 1.807) is 6.07 Å². The average molecular weight is 350 g/mol. The molecule has 0 bridgehead atoms. The Balaban J connectivity index is 1.52. The molecule has 0 aliphatic carbocycles. The van der Waals surface area contributed by atoms with Gasteiger partial charge in [-0.15, -0.1) is 0 Å². The molecule has 2 saturated heterocycles. The second-order valence-corrected chi connectivity index (χ2v) is 8.64. The maximum absolute atomic E-state index is 13.9. The molecule has 1 unspecified atom stereocenters. The lowest BCUT2D eigenvalue weighted by Gasteiger charge is -2.38. The maximum atomic E-state index is 13.9. The summed E-state index contributed by atoms with van der Waals surface area (Å²) in [4.78, 5) is 12.8. The molecule has 2 aliphatic rings. The molecule has 0 saturated carbocycles. The van der Waals surface area contributed by atoms with Crippen LogP contribution in [0.15, 0.2) is 24.5 Å². The van der Waals surface area contributed by atoms with E-state index >= 15 is 0 Å². The topological polar surface area (TPSA) is 66.4 Å². The summed E-state index contributed by atoms with van der Waals surface area (Å²) in [6.07, 6.45) is 2.13. The van der Waals surface area contributed by atoms with Crippen molar-refractivity contribution in [2.45, 2.75) is 12.5 Å². The van der Waals surface area contributed by atoms with E-state index < -0.39 is 9.84 Å². The standard InChI is InChI=1S/C16H19FN4O2S/c17-14-3-1-2-13-15(14)18-11-19-16(13)21-7-5-20(6-8-21)12-4-9-24(22,23)10-12/h1-3,11-12H,4-10H2. The fraction of sp³-hybridized carbons (Fsp3) is 0.500. The highest BCUT2D eigenvalue weighted by atomic mass is 32.2. The second-order valence-electron chi connectivity index (χ2n) is 6.41. The number of hydrogen-bond acceptors (Lipinski definition) is 6. The Labute approximate surface area is 140 Å². The number of nitrogens with zero attached hydrogens (tertiary/aromatic N) is 4. The number of anilines is 1.